The van der Waals surface area contributed by atoms with Crippen LogP contribution in [0.1, 0.15) is 24.6 Å². The lowest BCUT2D eigenvalue weighted by Crippen LogP contribution is -2.21. The van der Waals surface area contributed by atoms with Crippen molar-refractivity contribution in [1.29, 1.82) is 0 Å². The maximum absolute atomic E-state index is 5.98. The van der Waals surface area contributed by atoms with Crippen LogP contribution in [0, 0.1) is 12.8 Å². The summed E-state index contributed by atoms with van der Waals surface area (Å²) in [5, 5.41) is 4.59. The third-order valence-corrected chi connectivity index (χ3v) is 5.19. The highest BCUT2D eigenvalue weighted by molar-refractivity contribution is 5.68. The van der Waals surface area contributed by atoms with Crippen molar-refractivity contribution in [2.75, 3.05) is 6.54 Å². The second kappa shape index (κ2) is 6.28. The number of pyridine rings is 1. The van der Waals surface area contributed by atoms with E-state index in [2.05, 4.69) is 21.3 Å². The van der Waals surface area contributed by atoms with Gasteiger partial charge in [0.25, 0.3) is 0 Å². The molecular weight excluding hydrogens is 338 g/mol. The van der Waals surface area contributed by atoms with Gasteiger partial charge in [-0.15, -0.1) is 0 Å². The molecule has 1 saturated carbocycles. The van der Waals surface area contributed by atoms with Crippen LogP contribution in [0.3, 0.4) is 0 Å². The van der Waals surface area contributed by atoms with Gasteiger partial charge in [-0.25, -0.2) is 9.97 Å². The van der Waals surface area contributed by atoms with E-state index in [4.69, 9.17) is 10.7 Å². The lowest BCUT2D eigenvalue weighted by Gasteiger charge is -2.13. The van der Waals surface area contributed by atoms with Gasteiger partial charge in [0.05, 0.1) is 23.5 Å². The molecule has 136 valence electrons. The number of aromatic nitrogens is 6. The van der Waals surface area contributed by atoms with E-state index in [-0.39, 0.29) is 6.04 Å². The average molecular weight is 359 g/mol. The van der Waals surface area contributed by atoms with Crippen molar-refractivity contribution >= 4 is 5.65 Å². The van der Waals surface area contributed by atoms with Crippen molar-refractivity contribution in [3.05, 3.63) is 54.9 Å². The molecule has 4 aromatic heterocycles. The number of nitrogens with two attached hydrogens (primary N) is 1. The maximum atomic E-state index is 5.98. The van der Waals surface area contributed by atoms with Crippen LogP contribution in [0.4, 0.5) is 0 Å². The van der Waals surface area contributed by atoms with E-state index in [1.54, 1.807) is 12.4 Å². The maximum Gasteiger partial charge on any atom is 0.149 e. The number of aryl methyl sites for hydroxylation is 1. The van der Waals surface area contributed by atoms with Crippen LogP contribution in [0.15, 0.2) is 49.2 Å². The molecule has 4 aromatic rings. The summed E-state index contributed by atoms with van der Waals surface area (Å²) in [6, 6.07) is 6.27. The summed E-state index contributed by atoms with van der Waals surface area (Å²) < 4.78 is 3.99. The molecule has 0 spiro atoms. The van der Waals surface area contributed by atoms with E-state index in [1.165, 1.54) is 12.8 Å². The van der Waals surface area contributed by atoms with Gasteiger partial charge in [-0.1, -0.05) is 0 Å². The normalized spacial score (nSPS) is 15.3. The first-order valence-corrected chi connectivity index (χ1v) is 9.24. The number of rotatable bonds is 5. The Morgan fingerprint density at radius 3 is 2.85 bits per heavy atom. The highest BCUT2D eigenvalue weighted by Crippen LogP contribution is 2.39. The topological polar surface area (TPSA) is 86.9 Å². The van der Waals surface area contributed by atoms with Crippen LogP contribution in [-0.4, -0.2) is 35.7 Å². The average Bonchev–Trinajstić information content (AvgIpc) is 3.19. The molecule has 1 fully saturated rings. The van der Waals surface area contributed by atoms with Crippen LogP contribution < -0.4 is 5.73 Å². The number of fused-ring (bicyclic) bond motifs is 1. The Kier molecular flexibility index (Phi) is 3.75. The fraction of sp³-hybridized carbons (Fsp3) is 0.300. The number of hydrogen-bond donors (Lipinski definition) is 1. The Bertz CT molecular complexity index is 1110. The third kappa shape index (κ3) is 2.90. The summed E-state index contributed by atoms with van der Waals surface area (Å²) >= 11 is 0. The van der Waals surface area contributed by atoms with E-state index in [0.29, 0.717) is 12.5 Å². The van der Waals surface area contributed by atoms with Crippen LogP contribution in [0.25, 0.3) is 28.3 Å². The first-order valence-electron chi connectivity index (χ1n) is 9.24. The van der Waals surface area contributed by atoms with Crippen molar-refractivity contribution in [2.45, 2.75) is 25.8 Å². The molecule has 27 heavy (non-hydrogen) atoms. The Balaban J connectivity index is 1.62. The zero-order chi connectivity index (χ0) is 18.4. The molecule has 7 nitrogen and oxygen atoms in total. The largest absolute Gasteiger partial charge is 0.328 e. The first kappa shape index (κ1) is 16.1. The van der Waals surface area contributed by atoms with E-state index in [0.717, 1.165) is 34.0 Å². The van der Waals surface area contributed by atoms with Crippen LogP contribution in [0.5, 0.6) is 0 Å². The second-order valence-corrected chi connectivity index (χ2v) is 7.16. The highest BCUT2D eigenvalue weighted by atomic mass is 15.3. The predicted molar refractivity (Wildman–Crippen MR) is 103 cm³/mol. The van der Waals surface area contributed by atoms with Gasteiger partial charge >= 0.3 is 0 Å². The summed E-state index contributed by atoms with van der Waals surface area (Å²) in [7, 11) is 0. The second-order valence-electron chi connectivity index (χ2n) is 7.16. The Morgan fingerprint density at radius 1 is 1.19 bits per heavy atom. The Hall–Kier alpha value is -3.06. The standard InChI is InChI=1S/C20H21N7/c1-13-8-15(4-5-22-13)17-9-19-23-6-7-26(19)20(25-17)16-11-24-27(12-16)18(10-21)14-2-3-14/h4-9,11-12,14,18H,2-3,10,21H2,1H3. The molecule has 0 aromatic carbocycles. The van der Waals surface area contributed by atoms with Crippen LogP contribution in [0.2, 0.25) is 0 Å². The molecule has 1 unspecified atom stereocenters. The molecule has 0 radical (unpaired) electrons. The summed E-state index contributed by atoms with van der Waals surface area (Å²) in [5.41, 5.74) is 10.7. The molecule has 2 N–H and O–H groups in total. The van der Waals surface area contributed by atoms with Gasteiger partial charge in [0, 0.05) is 48.7 Å². The van der Waals surface area contributed by atoms with E-state index >= 15 is 0 Å². The lowest BCUT2D eigenvalue weighted by atomic mass is 10.1. The molecule has 0 aliphatic heterocycles. The van der Waals surface area contributed by atoms with Gasteiger partial charge in [0.1, 0.15) is 11.5 Å². The quantitative estimate of drug-likeness (QED) is 0.592. The zero-order valence-electron chi connectivity index (χ0n) is 15.2. The summed E-state index contributed by atoms with van der Waals surface area (Å²) in [5.74, 6) is 1.47. The Morgan fingerprint density at radius 2 is 2.07 bits per heavy atom. The summed E-state index contributed by atoms with van der Waals surface area (Å²) in [6.07, 6.45) is 11.9. The smallest absolute Gasteiger partial charge is 0.149 e. The molecule has 4 heterocycles. The number of imidazole rings is 1. The van der Waals surface area contributed by atoms with Gasteiger partial charge < -0.3 is 5.73 Å². The molecule has 1 atom stereocenters. The lowest BCUT2D eigenvalue weighted by molar-refractivity contribution is 0.414. The molecule has 7 heteroatoms. The molecular formula is C20H21N7. The molecule has 0 amide bonds. The van der Waals surface area contributed by atoms with E-state index in [1.807, 2.05) is 46.6 Å². The predicted octanol–water partition coefficient (Wildman–Crippen LogP) is 2.87. The van der Waals surface area contributed by atoms with Gasteiger partial charge in [-0.2, -0.15) is 5.10 Å². The van der Waals surface area contributed by atoms with Gasteiger partial charge in [0.2, 0.25) is 0 Å². The minimum atomic E-state index is 0.267. The monoisotopic (exact) mass is 359 g/mol. The van der Waals surface area contributed by atoms with Crippen molar-refractivity contribution in [3.8, 4) is 22.6 Å². The van der Waals surface area contributed by atoms with Crippen molar-refractivity contribution in [3.63, 3.8) is 0 Å². The summed E-state index contributed by atoms with van der Waals surface area (Å²) in [4.78, 5) is 13.7. The molecule has 1 aliphatic rings. The van der Waals surface area contributed by atoms with Crippen molar-refractivity contribution in [1.82, 2.24) is 29.1 Å². The summed E-state index contributed by atoms with van der Waals surface area (Å²) in [6.45, 7) is 2.59. The fourth-order valence-corrected chi connectivity index (χ4v) is 3.61. The molecule has 1 aliphatic carbocycles. The van der Waals surface area contributed by atoms with Gasteiger partial charge in [-0.05, 0) is 37.8 Å². The number of nitrogens with zero attached hydrogens (tertiary/aromatic N) is 6. The van der Waals surface area contributed by atoms with E-state index in [9.17, 15) is 0 Å². The third-order valence-electron chi connectivity index (χ3n) is 5.19. The molecule has 0 saturated heterocycles. The van der Waals surface area contributed by atoms with E-state index < -0.39 is 0 Å². The fourth-order valence-electron chi connectivity index (χ4n) is 3.61. The first-order chi connectivity index (χ1) is 13.2. The van der Waals surface area contributed by atoms with Crippen molar-refractivity contribution < 1.29 is 0 Å². The SMILES string of the molecule is Cc1cc(-c2cc3nccn3c(-c3cnn(C(CN)C4CC4)c3)n2)ccn1. The molecule has 5 rings (SSSR count). The Labute approximate surface area is 156 Å². The van der Waals surface area contributed by atoms with Crippen LogP contribution in [-0.2, 0) is 0 Å². The minimum absolute atomic E-state index is 0.267. The highest BCUT2D eigenvalue weighted by Gasteiger charge is 2.32. The minimum Gasteiger partial charge on any atom is -0.328 e. The molecule has 0 bridgehead atoms. The van der Waals surface area contributed by atoms with Gasteiger partial charge in [0.15, 0.2) is 0 Å². The van der Waals surface area contributed by atoms with Crippen molar-refractivity contribution in [2.24, 2.45) is 11.7 Å². The zero-order valence-corrected chi connectivity index (χ0v) is 15.2. The van der Waals surface area contributed by atoms with Gasteiger partial charge in [-0.3, -0.25) is 14.1 Å². The van der Waals surface area contributed by atoms with Crippen LogP contribution >= 0.6 is 0 Å². The number of hydrogen-bond acceptors (Lipinski definition) is 5.